The molecular weight excluding hydrogens is 468 g/mol. The molecule has 2 aliphatic rings. The number of phenols is 1. The number of aromatic hydroxyl groups is 1. The first kappa shape index (κ1) is 21.1. The van der Waals surface area contributed by atoms with Crippen LogP contribution in [-0.4, -0.2) is 59.5 Å². The third-order valence-electron chi connectivity index (χ3n) is 6.18. The van der Waals surface area contributed by atoms with Gasteiger partial charge in [-0.1, -0.05) is 17.7 Å². The predicted octanol–water partition coefficient (Wildman–Crippen LogP) is 3.66. The van der Waals surface area contributed by atoms with Gasteiger partial charge in [-0.15, -0.1) is 0 Å². The second-order valence-corrected chi connectivity index (χ2v) is 8.53. The van der Waals surface area contributed by atoms with Crippen LogP contribution in [0.2, 0.25) is 5.02 Å². The number of methoxy groups -OCH3 is 1. The maximum absolute atomic E-state index is 16.1. The lowest BCUT2D eigenvalue weighted by atomic mass is 9.99. The molecule has 1 atom stereocenters. The molecule has 1 fully saturated rings. The molecule has 2 aliphatic heterocycles. The number of hydrogen-bond acceptors (Lipinski definition) is 8. The summed E-state index contributed by atoms with van der Waals surface area (Å²) in [7, 11) is 1.41. The van der Waals surface area contributed by atoms with Gasteiger partial charge in [-0.05, 0) is 23.6 Å². The minimum atomic E-state index is -0.787. The number of nitrogens with zero attached hydrogens (tertiary/aromatic N) is 4. The number of anilines is 1. The molecule has 1 saturated heterocycles. The summed E-state index contributed by atoms with van der Waals surface area (Å²) in [5.41, 5.74) is -0.118. The number of halogens is 3. The van der Waals surface area contributed by atoms with Gasteiger partial charge in [0, 0.05) is 30.6 Å². The molecule has 34 heavy (non-hydrogen) atoms. The van der Waals surface area contributed by atoms with E-state index in [-0.39, 0.29) is 57.5 Å². The number of fused-ring (bicyclic) bond motifs is 3. The number of benzene rings is 2. The topological polar surface area (TPSA) is 92.6 Å². The number of ether oxygens (including phenoxy) is 2. The van der Waals surface area contributed by atoms with Crippen LogP contribution in [0.5, 0.6) is 17.6 Å². The van der Waals surface area contributed by atoms with Crippen molar-refractivity contribution >= 4 is 39.1 Å². The van der Waals surface area contributed by atoms with Crippen LogP contribution in [0.4, 0.5) is 14.6 Å². The average molecular weight is 486 g/mol. The third kappa shape index (κ3) is 3.09. The number of aromatic nitrogens is 3. The van der Waals surface area contributed by atoms with Crippen molar-refractivity contribution in [3.05, 3.63) is 40.9 Å². The standard InChI is InChI=1S/C23H18ClF2N5O3/c1-33-23-29-20-16-21(30-23)31-5-4-27-8-11(31)9-34-22(16)28-19(18(20)26)13-7-12(32)6-10-2-3-14(25)17(24)15(10)13/h2-3,6-7,11,27,32H,4-5,8-9H2,1H3/t11-/m0/s1. The minimum Gasteiger partial charge on any atom is -0.508 e. The van der Waals surface area contributed by atoms with Crippen LogP contribution in [0, 0.1) is 11.6 Å². The summed E-state index contributed by atoms with van der Waals surface area (Å²) in [5, 5.41) is 14.4. The summed E-state index contributed by atoms with van der Waals surface area (Å²) < 4.78 is 41.8. The van der Waals surface area contributed by atoms with Crippen molar-refractivity contribution in [2.75, 3.05) is 38.3 Å². The Kier molecular flexibility index (Phi) is 4.82. The number of hydrogen-bond donors (Lipinski definition) is 2. The summed E-state index contributed by atoms with van der Waals surface area (Å²) in [6, 6.07) is 5.29. The van der Waals surface area contributed by atoms with E-state index in [9.17, 15) is 9.50 Å². The molecule has 0 saturated carbocycles. The van der Waals surface area contributed by atoms with Gasteiger partial charge in [0.1, 0.15) is 40.6 Å². The molecule has 0 radical (unpaired) electrons. The molecule has 0 bridgehead atoms. The molecule has 4 heterocycles. The Balaban J connectivity index is 1.70. The van der Waals surface area contributed by atoms with Crippen LogP contribution >= 0.6 is 11.6 Å². The SMILES string of the molecule is COc1nc2c3c(nc(-c4cc(O)cc5ccc(F)c(Cl)c45)c(F)c3n1)OC[C@@H]1CNCCN21. The maximum Gasteiger partial charge on any atom is 0.318 e. The monoisotopic (exact) mass is 485 g/mol. The Morgan fingerprint density at radius 3 is 2.88 bits per heavy atom. The van der Waals surface area contributed by atoms with Gasteiger partial charge >= 0.3 is 6.01 Å². The van der Waals surface area contributed by atoms with Gasteiger partial charge in [0.25, 0.3) is 0 Å². The molecule has 0 aliphatic carbocycles. The first-order valence-corrected chi connectivity index (χ1v) is 11.0. The van der Waals surface area contributed by atoms with E-state index in [0.29, 0.717) is 29.7 Å². The van der Waals surface area contributed by atoms with Crippen molar-refractivity contribution in [1.82, 2.24) is 20.3 Å². The molecular formula is C23H18ClF2N5O3. The molecule has 8 nitrogen and oxygen atoms in total. The normalized spacial score (nSPS) is 17.4. The Bertz CT molecular complexity index is 1490. The van der Waals surface area contributed by atoms with Crippen LogP contribution in [0.25, 0.3) is 32.9 Å². The fourth-order valence-electron chi connectivity index (χ4n) is 4.62. The smallest absolute Gasteiger partial charge is 0.318 e. The van der Waals surface area contributed by atoms with Crippen LogP contribution in [0.3, 0.4) is 0 Å². The zero-order chi connectivity index (χ0) is 23.6. The van der Waals surface area contributed by atoms with Gasteiger partial charge in [0.2, 0.25) is 5.88 Å². The highest BCUT2D eigenvalue weighted by molar-refractivity contribution is 6.37. The molecule has 0 unspecified atom stereocenters. The van der Waals surface area contributed by atoms with E-state index in [0.717, 1.165) is 6.54 Å². The Morgan fingerprint density at radius 1 is 1.21 bits per heavy atom. The van der Waals surface area contributed by atoms with Crippen molar-refractivity contribution in [3.63, 3.8) is 0 Å². The number of rotatable bonds is 2. The predicted molar refractivity (Wildman–Crippen MR) is 123 cm³/mol. The molecule has 2 aromatic heterocycles. The van der Waals surface area contributed by atoms with Crippen molar-refractivity contribution in [3.8, 4) is 28.9 Å². The van der Waals surface area contributed by atoms with Gasteiger partial charge in [-0.3, -0.25) is 0 Å². The van der Waals surface area contributed by atoms with Crippen molar-refractivity contribution in [2.24, 2.45) is 0 Å². The first-order chi connectivity index (χ1) is 16.5. The summed E-state index contributed by atoms with van der Waals surface area (Å²) in [5.74, 6) is -0.994. The molecule has 2 N–H and O–H groups in total. The lowest BCUT2D eigenvalue weighted by molar-refractivity contribution is 0.266. The Hall–Kier alpha value is -3.50. The lowest BCUT2D eigenvalue weighted by Crippen LogP contribution is -2.53. The number of phenolic OH excluding ortho intramolecular Hbond substituents is 1. The summed E-state index contributed by atoms with van der Waals surface area (Å²) in [6.07, 6.45) is 0. The highest BCUT2D eigenvalue weighted by Gasteiger charge is 2.34. The van der Waals surface area contributed by atoms with Gasteiger partial charge < -0.3 is 24.8 Å². The average Bonchev–Trinajstić information content (AvgIpc) is 3.00. The summed E-state index contributed by atoms with van der Waals surface area (Å²) >= 11 is 6.27. The Morgan fingerprint density at radius 2 is 2.06 bits per heavy atom. The highest BCUT2D eigenvalue weighted by atomic mass is 35.5. The van der Waals surface area contributed by atoms with Crippen molar-refractivity contribution in [1.29, 1.82) is 0 Å². The molecule has 2 aromatic carbocycles. The number of nitrogens with one attached hydrogen (secondary N) is 1. The van der Waals surface area contributed by atoms with Gasteiger partial charge in [0.05, 0.1) is 18.2 Å². The fraction of sp³-hybridized carbons (Fsp3) is 0.261. The van der Waals surface area contributed by atoms with Gasteiger partial charge in [-0.25, -0.2) is 13.8 Å². The quantitative estimate of drug-likeness (QED) is 0.444. The van der Waals surface area contributed by atoms with E-state index < -0.39 is 11.6 Å². The zero-order valence-corrected chi connectivity index (χ0v) is 18.7. The summed E-state index contributed by atoms with van der Waals surface area (Å²) in [4.78, 5) is 15.3. The number of piperazine rings is 1. The van der Waals surface area contributed by atoms with E-state index in [2.05, 4.69) is 20.3 Å². The summed E-state index contributed by atoms with van der Waals surface area (Å²) in [6.45, 7) is 2.31. The molecule has 0 spiro atoms. The van der Waals surface area contributed by atoms with E-state index in [4.69, 9.17) is 21.1 Å². The van der Waals surface area contributed by atoms with Crippen LogP contribution in [-0.2, 0) is 0 Å². The van der Waals surface area contributed by atoms with E-state index in [1.807, 2.05) is 4.90 Å². The van der Waals surface area contributed by atoms with Crippen molar-refractivity contribution < 1.29 is 23.4 Å². The van der Waals surface area contributed by atoms with Crippen LogP contribution in [0.15, 0.2) is 24.3 Å². The molecule has 174 valence electrons. The lowest BCUT2D eigenvalue weighted by Gasteiger charge is -2.35. The van der Waals surface area contributed by atoms with Gasteiger partial charge in [-0.2, -0.15) is 9.97 Å². The number of pyridine rings is 1. The minimum absolute atomic E-state index is 0.00599. The Labute approximate surface area is 197 Å². The van der Waals surface area contributed by atoms with E-state index in [1.54, 1.807) is 0 Å². The fourth-order valence-corrected chi connectivity index (χ4v) is 4.89. The largest absolute Gasteiger partial charge is 0.508 e. The first-order valence-electron chi connectivity index (χ1n) is 10.6. The molecule has 0 amide bonds. The second-order valence-electron chi connectivity index (χ2n) is 8.15. The molecule has 6 rings (SSSR count). The highest BCUT2D eigenvalue weighted by Crippen LogP contribution is 2.43. The van der Waals surface area contributed by atoms with Crippen molar-refractivity contribution in [2.45, 2.75) is 6.04 Å². The van der Waals surface area contributed by atoms with E-state index >= 15 is 4.39 Å². The second kappa shape index (κ2) is 7.78. The van der Waals surface area contributed by atoms with Crippen LogP contribution < -0.4 is 19.7 Å². The molecule has 4 aromatic rings. The van der Waals surface area contributed by atoms with E-state index in [1.165, 1.54) is 31.4 Å². The third-order valence-corrected chi connectivity index (χ3v) is 6.55. The molecule has 11 heteroatoms. The maximum atomic E-state index is 16.1. The van der Waals surface area contributed by atoms with Gasteiger partial charge in [0.15, 0.2) is 5.82 Å². The van der Waals surface area contributed by atoms with Crippen LogP contribution in [0.1, 0.15) is 0 Å². The zero-order valence-electron chi connectivity index (χ0n) is 17.9.